The number of nitrogens with two attached hydrogens (primary N) is 1. The van der Waals surface area contributed by atoms with Gasteiger partial charge in [-0.2, -0.15) is 4.98 Å². The Hall–Kier alpha value is -1.82. The van der Waals surface area contributed by atoms with Crippen LogP contribution in [-0.4, -0.2) is 15.1 Å². The second kappa shape index (κ2) is 4.45. The summed E-state index contributed by atoms with van der Waals surface area (Å²) in [6, 6.07) is 2.42. The summed E-state index contributed by atoms with van der Waals surface area (Å²) < 4.78 is 17.9. The number of hydrogen-bond donors (Lipinski definition) is 1. The minimum atomic E-state index is -0.408. The molecule has 2 aromatic heterocycles. The molecular weight excluding hydrogens is 235 g/mol. The number of hydrogen-bond acceptors (Lipinski definition) is 5. The summed E-state index contributed by atoms with van der Waals surface area (Å²) in [6.45, 7) is 5.95. The van der Waals surface area contributed by atoms with Gasteiger partial charge in [0.05, 0.1) is 12.2 Å². The van der Waals surface area contributed by atoms with E-state index in [0.29, 0.717) is 17.4 Å². The fraction of sp³-hybridized carbons (Fsp3) is 0.417. The van der Waals surface area contributed by atoms with E-state index >= 15 is 0 Å². The van der Waals surface area contributed by atoms with E-state index in [0.717, 1.165) is 6.20 Å². The van der Waals surface area contributed by atoms with E-state index in [-0.39, 0.29) is 11.5 Å². The Morgan fingerprint density at radius 3 is 2.61 bits per heavy atom. The third-order valence-corrected chi connectivity index (χ3v) is 2.60. The summed E-state index contributed by atoms with van der Waals surface area (Å²) in [5, 5.41) is 3.80. The van der Waals surface area contributed by atoms with Crippen molar-refractivity contribution >= 4 is 0 Å². The lowest BCUT2D eigenvalue weighted by molar-refractivity contribution is 0.253. The molecule has 5 nitrogen and oxygen atoms in total. The topological polar surface area (TPSA) is 77.8 Å². The predicted octanol–water partition coefficient (Wildman–Crippen LogP) is 2.32. The smallest absolute Gasteiger partial charge is 0.244 e. The van der Waals surface area contributed by atoms with Gasteiger partial charge in [-0.15, -0.1) is 0 Å². The number of halogens is 1. The van der Waals surface area contributed by atoms with Crippen molar-refractivity contribution in [1.82, 2.24) is 15.1 Å². The molecule has 0 aliphatic rings. The molecule has 0 bridgehead atoms. The van der Waals surface area contributed by atoms with Crippen molar-refractivity contribution in [1.29, 1.82) is 0 Å². The van der Waals surface area contributed by atoms with Gasteiger partial charge in [0.2, 0.25) is 11.7 Å². The molecule has 0 fully saturated rings. The normalized spacial score (nSPS) is 13.6. The van der Waals surface area contributed by atoms with Gasteiger partial charge in [-0.3, -0.25) is 0 Å². The Morgan fingerprint density at radius 2 is 2.06 bits per heavy atom. The first kappa shape index (κ1) is 12.6. The van der Waals surface area contributed by atoms with Crippen LogP contribution < -0.4 is 5.73 Å². The molecule has 1 unspecified atom stereocenters. The van der Waals surface area contributed by atoms with Gasteiger partial charge in [-0.25, -0.2) is 9.37 Å². The Bertz CT molecular complexity index is 530. The number of pyridine rings is 1. The molecule has 0 amide bonds. The van der Waals surface area contributed by atoms with E-state index < -0.39 is 5.82 Å². The van der Waals surface area contributed by atoms with E-state index in [1.54, 1.807) is 0 Å². The highest BCUT2D eigenvalue weighted by atomic mass is 19.1. The molecular formula is C12H15FN4O. The van der Waals surface area contributed by atoms with Crippen LogP contribution in [0.4, 0.5) is 4.39 Å². The minimum Gasteiger partial charge on any atom is -0.337 e. The fourth-order valence-electron chi connectivity index (χ4n) is 1.34. The van der Waals surface area contributed by atoms with E-state index in [1.165, 1.54) is 12.1 Å². The standard InChI is InChI=1S/C12H15FN4O/c1-12(2,3)9(14)11-16-10(17-18-11)8-5-4-7(13)6-15-8/h4-6,9H,14H2,1-3H3. The predicted molar refractivity (Wildman–Crippen MR) is 63.9 cm³/mol. The molecule has 0 aliphatic carbocycles. The highest BCUT2D eigenvalue weighted by Gasteiger charge is 2.27. The zero-order chi connectivity index (χ0) is 13.3. The molecule has 2 heterocycles. The van der Waals surface area contributed by atoms with Gasteiger partial charge in [0.15, 0.2) is 0 Å². The molecule has 96 valence electrons. The SMILES string of the molecule is CC(C)(C)C(N)c1nc(-c2ccc(F)cn2)no1. The van der Waals surface area contributed by atoms with Gasteiger partial charge in [0, 0.05) is 0 Å². The van der Waals surface area contributed by atoms with Crippen molar-refractivity contribution < 1.29 is 8.91 Å². The van der Waals surface area contributed by atoms with Gasteiger partial charge in [-0.1, -0.05) is 25.9 Å². The molecule has 0 saturated carbocycles. The van der Waals surface area contributed by atoms with Crippen LogP contribution in [0.15, 0.2) is 22.9 Å². The number of aromatic nitrogens is 3. The molecule has 2 aromatic rings. The molecule has 0 radical (unpaired) electrons. The molecule has 18 heavy (non-hydrogen) atoms. The van der Waals surface area contributed by atoms with Crippen LogP contribution in [-0.2, 0) is 0 Å². The van der Waals surface area contributed by atoms with Crippen LogP contribution >= 0.6 is 0 Å². The lowest BCUT2D eigenvalue weighted by atomic mass is 9.87. The Balaban J connectivity index is 2.28. The lowest BCUT2D eigenvalue weighted by Crippen LogP contribution is -2.26. The molecule has 0 aliphatic heterocycles. The van der Waals surface area contributed by atoms with Gasteiger partial charge in [-0.05, 0) is 17.5 Å². The third-order valence-electron chi connectivity index (χ3n) is 2.60. The summed E-state index contributed by atoms with van der Waals surface area (Å²) >= 11 is 0. The van der Waals surface area contributed by atoms with Crippen LogP contribution in [0.1, 0.15) is 32.7 Å². The van der Waals surface area contributed by atoms with Crippen LogP contribution in [0.3, 0.4) is 0 Å². The van der Waals surface area contributed by atoms with Crippen molar-refractivity contribution in [3.63, 3.8) is 0 Å². The first-order valence-corrected chi connectivity index (χ1v) is 5.59. The molecule has 0 aromatic carbocycles. The van der Waals surface area contributed by atoms with Crippen LogP contribution in [0.25, 0.3) is 11.5 Å². The molecule has 2 rings (SSSR count). The summed E-state index contributed by atoms with van der Waals surface area (Å²) in [7, 11) is 0. The summed E-state index contributed by atoms with van der Waals surface area (Å²) in [6.07, 6.45) is 1.11. The third kappa shape index (κ3) is 2.53. The van der Waals surface area contributed by atoms with E-state index in [9.17, 15) is 4.39 Å². The van der Waals surface area contributed by atoms with Crippen LogP contribution in [0.5, 0.6) is 0 Å². The molecule has 2 N–H and O–H groups in total. The average molecular weight is 250 g/mol. The average Bonchev–Trinajstić information content (AvgIpc) is 2.77. The van der Waals surface area contributed by atoms with Crippen LogP contribution in [0.2, 0.25) is 0 Å². The molecule has 1 atom stereocenters. The highest BCUT2D eigenvalue weighted by molar-refractivity contribution is 5.47. The Kier molecular flexibility index (Phi) is 3.13. The maximum Gasteiger partial charge on any atom is 0.244 e. The molecule has 6 heteroatoms. The molecule has 0 spiro atoms. The monoisotopic (exact) mass is 250 g/mol. The first-order chi connectivity index (χ1) is 8.38. The zero-order valence-electron chi connectivity index (χ0n) is 10.5. The fourth-order valence-corrected chi connectivity index (χ4v) is 1.34. The van der Waals surface area contributed by atoms with Crippen LogP contribution in [0, 0.1) is 11.2 Å². The maximum atomic E-state index is 12.7. The van der Waals surface area contributed by atoms with Gasteiger partial charge in [0.25, 0.3) is 0 Å². The van der Waals surface area contributed by atoms with Crippen molar-refractivity contribution in [2.45, 2.75) is 26.8 Å². The second-order valence-electron chi connectivity index (χ2n) is 5.16. The molecule has 0 saturated heterocycles. The summed E-state index contributed by atoms with van der Waals surface area (Å²) in [5.74, 6) is 0.252. The largest absolute Gasteiger partial charge is 0.337 e. The van der Waals surface area contributed by atoms with Crippen molar-refractivity contribution in [3.05, 3.63) is 30.0 Å². The van der Waals surface area contributed by atoms with Gasteiger partial charge >= 0.3 is 0 Å². The number of rotatable bonds is 2. The van der Waals surface area contributed by atoms with Crippen molar-refractivity contribution in [2.24, 2.45) is 11.1 Å². The lowest BCUT2D eigenvalue weighted by Gasteiger charge is -2.23. The Morgan fingerprint density at radius 1 is 1.33 bits per heavy atom. The van der Waals surface area contributed by atoms with Gasteiger partial charge < -0.3 is 10.3 Å². The summed E-state index contributed by atoms with van der Waals surface area (Å²) in [5.41, 5.74) is 6.28. The quantitative estimate of drug-likeness (QED) is 0.884. The van der Waals surface area contributed by atoms with Gasteiger partial charge in [0.1, 0.15) is 11.5 Å². The van der Waals surface area contributed by atoms with Crippen molar-refractivity contribution in [2.75, 3.05) is 0 Å². The first-order valence-electron chi connectivity index (χ1n) is 5.59. The minimum absolute atomic E-state index is 0.181. The Labute approximate surface area is 104 Å². The van der Waals surface area contributed by atoms with Crippen molar-refractivity contribution in [3.8, 4) is 11.5 Å². The van der Waals surface area contributed by atoms with E-state index in [4.69, 9.17) is 10.3 Å². The summed E-state index contributed by atoms with van der Waals surface area (Å²) in [4.78, 5) is 8.07. The maximum absolute atomic E-state index is 12.7. The number of nitrogens with zero attached hydrogens (tertiary/aromatic N) is 3. The van der Waals surface area contributed by atoms with E-state index in [1.807, 2.05) is 20.8 Å². The van der Waals surface area contributed by atoms with E-state index in [2.05, 4.69) is 15.1 Å². The highest BCUT2D eigenvalue weighted by Crippen LogP contribution is 2.30. The second-order valence-corrected chi connectivity index (χ2v) is 5.16. The zero-order valence-corrected chi connectivity index (χ0v) is 10.5.